The van der Waals surface area contributed by atoms with Crippen LogP contribution in [0.3, 0.4) is 0 Å². The normalized spacial score (nSPS) is 12.1. The Bertz CT molecular complexity index is 607. The number of aliphatic carboxylic acids is 1. The number of nitrogens with one attached hydrogen (secondary N) is 1. The highest BCUT2D eigenvalue weighted by molar-refractivity contribution is 6.03. The number of fused-ring (bicyclic) bond motifs is 1. The van der Waals surface area contributed by atoms with Gasteiger partial charge in [-0.2, -0.15) is 0 Å². The lowest BCUT2D eigenvalue weighted by atomic mass is 10.0. The standard InChI is InChI=1S/C14H13NO3/c1-9(14(17)18)15-13-7-3-5-11-10(8-16)4-2-6-12(11)13/h2-9,15H,1H3,(H,17,18)/t9-/m0/s1. The van der Waals surface area contributed by atoms with E-state index in [-0.39, 0.29) is 0 Å². The molecule has 0 aliphatic rings. The molecule has 0 fully saturated rings. The molecule has 0 saturated heterocycles. The lowest BCUT2D eigenvalue weighted by molar-refractivity contribution is -0.137. The smallest absolute Gasteiger partial charge is 0.325 e. The Hall–Kier alpha value is -2.36. The molecule has 0 heterocycles. The van der Waals surface area contributed by atoms with Gasteiger partial charge in [0.05, 0.1) is 0 Å². The summed E-state index contributed by atoms with van der Waals surface area (Å²) in [6, 6.07) is 10.1. The summed E-state index contributed by atoms with van der Waals surface area (Å²) in [7, 11) is 0. The van der Waals surface area contributed by atoms with Crippen molar-refractivity contribution in [2.24, 2.45) is 0 Å². The quantitative estimate of drug-likeness (QED) is 0.810. The molecule has 0 aliphatic carbocycles. The van der Waals surface area contributed by atoms with Crippen LogP contribution in [-0.4, -0.2) is 23.4 Å². The zero-order valence-corrected chi connectivity index (χ0v) is 9.88. The van der Waals surface area contributed by atoms with Crippen molar-refractivity contribution in [1.29, 1.82) is 0 Å². The Morgan fingerprint density at radius 3 is 2.56 bits per heavy atom. The molecule has 0 aromatic heterocycles. The zero-order valence-electron chi connectivity index (χ0n) is 9.88. The highest BCUT2D eigenvalue weighted by Crippen LogP contribution is 2.25. The minimum atomic E-state index is -0.918. The first-order chi connectivity index (χ1) is 8.63. The monoisotopic (exact) mass is 243 g/mol. The van der Waals surface area contributed by atoms with Gasteiger partial charge in [0, 0.05) is 16.6 Å². The summed E-state index contributed by atoms with van der Waals surface area (Å²) in [5.41, 5.74) is 1.31. The van der Waals surface area contributed by atoms with Crippen LogP contribution in [0.2, 0.25) is 0 Å². The highest BCUT2D eigenvalue weighted by Gasteiger charge is 2.12. The van der Waals surface area contributed by atoms with Gasteiger partial charge in [0.2, 0.25) is 0 Å². The van der Waals surface area contributed by atoms with E-state index in [1.165, 1.54) is 0 Å². The Kier molecular flexibility index (Phi) is 3.28. The van der Waals surface area contributed by atoms with Crippen LogP contribution in [0.15, 0.2) is 36.4 Å². The molecular weight excluding hydrogens is 230 g/mol. The van der Waals surface area contributed by atoms with E-state index < -0.39 is 12.0 Å². The summed E-state index contributed by atoms with van der Waals surface area (Å²) in [4.78, 5) is 21.8. The van der Waals surface area contributed by atoms with Crippen LogP contribution in [0.25, 0.3) is 10.8 Å². The van der Waals surface area contributed by atoms with E-state index >= 15 is 0 Å². The van der Waals surface area contributed by atoms with Crippen molar-refractivity contribution >= 4 is 28.7 Å². The van der Waals surface area contributed by atoms with E-state index in [2.05, 4.69) is 5.32 Å². The number of hydrogen-bond donors (Lipinski definition) is 2. The number of carbonyl (C=O) groups is 2. The SMILES string of the molecule is C[C@H](Nc1cccc2c(C=O)cccc12)C(=O)O. The molecule has 2 rings (SSSR count). The van der Waals surface area contributed by atoms with Gasteiger partial charge < -0.3 is 10.4 Å². The Labute approximate surface area is 104 Å². The third-order valence-corrected chi connectivity index (χ3v) is 2.83. The van der Waals surface area contributed by atoms with Crippen molar-refractivity contribution in [2.75, 3.05) is 5.32 Å². The number of anilines is 1. The maximum absolute atomic E-state index is 10.9. The molecule has 92 valence electrons. The summed E-state index contributed by atoms with van der Waals surface area (Å²) in [5, 5.41) is 13.5. The van der Waals surface area contributed by atoms with Crippen molar-refractivity contribution in [1.82, 2.24) is 0 Å². The van der Waals surface area contributed by atoms with Crippen molar-refractivity contribution in [3.05, 3.63) is 42.0 Å². The van der Waals surface area contributed by atoms with Gasteiger partial charge in [-0.1, -0.05) is 30.3 Å². The fourth-order valence-corrected chi connectivity index (χ4v) is 1.86. The Morgan fingerprint density at radius 2 is 1.89 bits per heavy atom. The van der Waals surface area contributed by atoms with Gasteiger partial charge in [0.1, 0.15) is 6.04 Å². The summed E-state index contributed by atoms with van der Waals surface area (Å²) >= 11 is 0. The maximum Gasteiger partial charge on any atom is 0.325 e. The second-order valence-corrected chi connectivity index (χ2v) is 4.07. The van der Waals surface area contributed by atoms with Gasteiger partial charge in [-0.15, -0.1) is 0 Å². The number of carboxylic acids is 1. The average molecular weight is 243 g/mol. The second-order valence-electron chi connectivity index (χ2n) is 4.07. The fourth-order valence-electron chi connectivity index (χ4n) is 1.86. The lowest BCUT2D eigenvalue weighted by Crippen LogP contribution is -2.25. The number of hydrogen-bond acceptors (Lipinski definition) is 3. The molecule has 0 unspecified atom stereocenters. The number of aldehydes is 1. The minimum Gasteiger partial charge on any atom is -0.480 e. The van der Waals surface area contributed by atoms with Crippen LogP contribution in [-0.2, 0) is 4.79 Å². The molecule has 0 aliphatic heterocycles. The van der Waals surface area contributed by atoms with Crippen LogP contribution in [0, 0.1) is 0 Å². The van der Waals surface area contributed by atoms with Crippen LogP contribution in [0.1, 0.15) is 17.3 Å². The van der Waals surface area contributed by atoms with Crippen LogP contribution in [0.4, 0.5) is 5.69 Å². The van der Waals surface area contributed by atoms with Gasteiger partial charge >= 0.3 is 5.97 Å². The van der Waals surface area contributed by atoms with E-state index in [9.17, 15) is 9.59 Å². The Morgan fingerprint density at radius 1 is 1.22 bits per heavy atom. The molecule has 0 saturated carbocycles. The Balaban J connectivity index is 2.52. The van der Waals surface area contributed by atoms with E-state index in [4.69, 9.17) is 5.11 Å². The maximum atomic E-state index is 10.9. The number of carbonyl (C=O) groups excluding carboxylic acids is 1. The second kappa shape index (κ2) is 4.87. The lowest BCUT2D eigenvalue weighted by Gasteiger charge is -2.13. The predicted molar refractivity (Wildman–Crippen MR) is 70.1 cm³/mol. The average Bonchev–Trinajstić information content (AvgIpc) is 2.38. The van der Waals surface area contributed by atoms with Crippen LogP contribution in [0.5, 0.6) is 0 Å². The molecule has 4 heteroatoms. The number of rotatable bonds is 4. The van der Waals surface area contributed by atoms with Crippen molar-refractivity contribution in [2.45, 2.75) is 13.0 Å². The van der Waals surface area contributed by atoms with Gasteiger partial charge in [0.25, 0.3) is 0 Å². The molecule has 1 atom stereocenters. The summed E-state index contributed by atoms with van der Waals surface area (Å²) in [5.74, 6) is -0.918. The molecule has 2 aromatic rings. The van der Waals surface area contributed by atoms with Crippen molar-refractivity contribution < 1.29 is 14.7 Å². The van der Waals surface area contributed by atoms with Crippen LogP contribution >= 0.6 is 0 Å². The summed E-state index contributed by atoms with van der Waals surface area (Å²) < 4.78 is 0. The predicted octanol–water partition coefficient (Wildman–Crippen LogP) is 2.54. The topological polar surface area (TPSA) is 66.4 Å². The molecule has 0 bridgehead atoms. The molecule has 2 aromatic carbocycles. The minimum absolute atomic E-state index is 0.596. The van der Waals surface area contributed by atoms with E-state index in [0.29, 0.717) is 11.3 Å². The van der Waals surface area contributed by atoms with Gasteiger partial charge in [-0.25, -0.2) is 0 Å². The summed E-state index contributed by atoms with van der Waals surface area (Å²) in [6.07, 6.45) is 0.798. The zero-order chi connectivity index (χ0) is 13.1. The summed E-state index contributed by atoms with van der Waals surface area (Å²) in [6.45, 7) is 1.57. The largest absolute Gasteiger partial charge is 0.480 e. The van der Waals surface area contributed by atoms with Crippen molar-refractivity contribution in [3.63, 3.8) is 0 Å². The fraction of sp³-hybridized carbons (Fsp3) is 0.143. The third-order valence-electron chi connectivity index (χ3n) is 2.83. The first-order valence-electron chi connectivity index (χ1n) is 5.59. The molecule has 18 heavy (non-hydrogen) atoms. The third kappa shape index (κ3) is 2.18. The van der Waals surface area contributed by atoms with E-state index in [1.54, 1.807) is 31.2 Å². The first-order valence-corrected chi connectivity index (χ1v) is 5.59. The number of benzene rings is 2. The molecule has 0 spiro atoms. The van der Waals surface area contributed by atoms with Gasteiger partial charge in [-0.05, 0) is 18.4 Å². The highest BCUT2D eigenvalue weighted by atomic mass is 16.4. The molecule has 2 N–H and O–H groups in total. The van der Waals surface area contributed by atoms with E-state index in [0.717, 1.165) is 17.1 Å². The van der Waals surface area contributed by atoms with Gasteiger partial charge in [0.15, 0.2) is 6.29 Å². The first kappa shape index (κ1) is 12.1. The van der Waals surface area contributed by atoms with E-state index in [1.807, 2.05) is 12.1 Å². The van der Waals surface area contributed by atoms with Gasteiger partial charge in [-0.3, -0.25) is 9.59 Å². The molecule has 0 radical (unpaired) electrons. The number of carboxylic acid groups (broad SMARTS) is 1. The molecular formula is C14H13NO3. The molecule has 0 amide bonds. The molecule has 4 nitrogen and oxygen atoms in total. The van der Waals surface area contributed by atoms with Crippen molar-refractivity contribution in [3.8, 4) is 0 Å². The van der Waals surface area contributed by atoms with Crippen LogP contribution < -0.4 is 5.32 Å².